The third-order valence-electron chi connectivity index (χ3n) is 17.2. The minimum Gasteiger partial charge on any atom is -0.407 e. The maximum Gasteiger partial charge on any atom is 0.534 e. The molecule has 2 aromatic rings. The van der Waals surface area contributed by atoms with E-state index in [4.69, 9.17) is 8.61 Å². The molecule has 4 fully saturated rings. The molecule has 0 aliphatic heterocycles. The Balaban J connectivity index is 1.24. The molecule has 9 heteroatoms. The maximum absolute atomic E-state index is 13.5. The van der Waals surface area contributed by atoms with E-state index in [1.165, 1.54) is 15.9 Å². The SMILES string of the molecule is C=C(C)C1CCC2(CO[Si](c3ccccc3)(c3ccccc3)C(C)(C)C)CCC3(C)C(CCC4C5(C)CC=C(OS(=O)(=O)C(F)(F)F)C(C)(C)C5CCC43C)C12. The van der Waals surface area contributed by atoms with Gasteiger partial charge < -0.3 is 8.61 Å². The van der Waals surface area contributed by atoms with Gasteiger partial charge in [-0.25, -0.2) is 0 Å². The summed E-state index contributed by atoms with van der Waals surface area (Å²) in [7, 11) is -8.52. The van der Waals surface area contributed by atoms with Gasteiger partial charge in [-0.3, -0.25) is 0 Å². The van der Waals surface area contributed by atoms with E-state index in [0.717, 1.165) is 58.0 Å². The van der Waals surface area contributed by atoms with E-state index in [2.05, 4.69) is 116 Å². The molecule has 0 saturated heterocycles. The van der Waals surface area contributed by atoms with Crippen molar-refractivity contribution < 1.29 is 30.2 Å². The van der Waals surface area contributed by atoms with Crippen LogP contribution in [0, 0.1) is 56.7 Å². The second kappa shape index (κ2) is 13.6. The highest BCUT2D eigenvalue weighted by Crippen LogP contribution is 2.77. The molecule has 0 heterocycles. The van der Waals surface area contributed by atoms with Crippen molar-refractivity contribution in [2.24, 2.45) is 56.7 Å². The molecule has 0 spiro atoms. The molecule has 4 nitrogen and oxygen atoms in total. The molecule has 0 N–H and O–H groups in total. The van der Waals surface area contributed by atoms with Crippen LogP contribution in [0.3, 0.4) is 0 Å². The minimum absolute atomic E-state index is 0.00570. The van der Waals surface area contributed by atoms with E-state index in [1.807, 2.05) is 13.8 Å². The zero-order valence-electron chi connectivity index (χ0n) is 35.2. The molecule has 0 bridgehead atoms. The molecular weight excluding hydrogens is 746 g/mol. The largest absolute Gasteiger partial charge is 0.534 e. The fourth-order valence-corrected chi connectivity index (χ4v) is 19.7. The molecule has 4 saturated carbocycles. The maximum atomic E-state index is 13.5. The van der Waals surface area contributed by atoms with Gasteiger partial charge in [-0.05, 0) is 137 Å². The number of fused-ring (bicyclic) bond motifs is 7. The van der Waals surface area contributed by atoms with E-state index in [9.17, 15) is 21.6 Å². The van der Waals surface area contributed by atoms with E-state index in [-0.39, 0.29) is 38.4 Å². The summed E-state index contributed by atoms with van der Waals surface area (Å²) in [5, 5.41) is 2.52. The van der Waals surface area contributed by atoms with Gasteiger partial charge in [0, 0.05) is 12.0 Å². The van der Waals surface area contributed by atoms with Crippen LogP contribution in [0.2, 0.25) is 5.04 Å². The van der Waals surface area contributed by atoms with Gasteiger partial charge in [-0.15, -0.1) is 0 Å². The second-order valence-corrected chi connectivity index (χ2v) is 26.8. The molecule has 7 rings (SSSR count). The van der Waals surface area contributed by atoms with Gasteiger partial charge in [0.25, 0.3) is 8.32 Å². The van der Waals surface area contributed by atoms with Crippen molar-refractivity contribution in [3.63, 3.8) is 0 Å². The number of benzene rings is 2. The minimum atomic E-state index is -5.75. The van der Waals surface area contributed by atoms with E-state index in [1.54, 1.807) is 6.08 Å². The van der Waals surface area contributed by atoms with Gasteiger partial charge >= 0.3 is 15.6 Å². The van der Waals surface area contributed by atoms with Crippen molar-refractivity contribution in [2.45, 2.75) is 131 Å². The molecule has 56 heavy (non-hydrogen) atoms. The lowest BCUT2D eigenvalue weighted by Gasteiger charge is -2.72. The van der Waals surface area contributed by atoms with Crippen LogP contribution in [0.4, 0.5) is 13.2 Å². The lowest BCUT2D eigenvalue weighted by molar-refractivity contribution is -0.231. The average Bonchev–Trinajstić information content (AvgIpc) is 3.50. The zero-order valence-corrected chi connectivity index (χ0v) is 37.0. The van der Waals surface area contributed by atoms with Gasteiger partial charge in [0.1, 0.15) is 5.76 Å². The molecule has 308 valence electrons. The molecular formula is C47H65F3O4SSi. The fourth-order valence-electron chi connectivity index (χ4n) is 14.4. The Bertz CT molecular complexity index is 1920. The molecule has 9 unspecified atom stereocenters. The summed E-state index contributed by atoms with van der Waals surface area (Å²) in [4.78, 5) is 0. The standard InChI is InChI=1S/C47H65F3O4SSi/c1-32(2)35-23-28-46(31-53-56(41(3,4)5,33-17-13-11-14-18-33)34-19-15-12-16-20-34)30-29-44(9)36(40(35)46)21-22-38-43(8)26-25-39(54-55(51,52)47(48,49)50)42(6,7)37(43)24-27-45(38,44)10/h11-20,25,35-38,40H,1,21-24,26-31H2,2-10H3. The van der Waals surface area contributed by atoms with Gasteiger partial charge in [0.2, 0.25) is 0 Å². The summed E-state index contributed by atoms with van der Waals surface area (Å²) in [5.41, 5.74) is -5.14. The van der Waals surface area contributed by atoms with Crippen molar-refractivity contribution in [1.82, 2.24) is 0 Å². The monoisotopic (exact) mass is 810 g/mol. The van der Waals surface area contributed by atoms with E-state index >= 15 is 0 Å². The third-order valence-corrected chi connectivity index (χ3v) is 23.2. The summed E-state index contributed by atoms with van der Waals surface area (Å²) in [5.74, 6) is 1.66. The van der Waals surface area contributed by atoms with Crippen LogP contribution in [-0.2, 0) is 18.7 Å². The van der Waals surface area contributed by atoms with Crippen LogP contribution >= 0.6 is 0 Å². The lowest BCUT2D eigenvalue weighted by Crippen LogP contribution is -2.68. The highest BCUT2D eigenvalue weighted by atomic mass is 32.2. The highest BCUT2D eigenvalue weighted by molar-refractivity contribution is 7.87. The van der Waals surface area contributed by atoms with Crippen molar-refractivity contribution >= 4 is 28.8 Å². The van der Waals surface area contributed by atoms with E-state index in [0.29, 0.717) is 30.1 Å². The smallest absolute Gasteiger partial charge is 0.407 e. The summed E-state index contributed by atoms with van der Waals surface area (Å²) in [6, 6.07) is 22.0. The Morgan fingerprint density at radius 2 is 1.39 bits per heavy atom. The van der Waals surface area contributed by atoms with Crippen molar-refractivity contribution in [2.75, 3.05) is 6.61 Å². The molecule has 5 aliphatic rings. The number of hydrogen-bond acceptors (Lipinski definition) is 4. The number of alkyl halides is 3. The van der Waals surface area contributed by atoms with Gasteiger partial charge in [-0.1, -0.05) is 128 Å². The first-order chi connectivity index (χ1) is 25.9. The first-order valence-corrected chi connectivity index (χ1v) is 24.3. The normalized spacial score (nSPS) is 37.0. The number of rotatable bonds is 8. The molecule has 0 radical (unpaired) electrons. The Morgan fingerprint density at radius 1 is 0.804 bits per heavy atom. The first kappa shape index (κ1) is 41.8. The molecule has 2 aromatic carbocycles. The Morgan fingerprint density at radius 3 is 1.93 bits per heavy atom. The van der Waals surface area contributed by atoms with E-state index < -0.39 is 29.4 Å². The van der Waals surface area contributed by atoms with Crippen molar-refractivity contribution in [1.29, 1.82) is 0 Å². The predicted octanol–water partition coefficient (Wildman–Crippen LogP) is 11.6. The number of halogens is 3. The van der Waals surface area contributed by atoms with Crippen molar-refractivity contribution in [3.05, 3.63) is 84.7 Å². The molecule has 0 aromatic heterocycles. The Labute approximate surface area is 336 Å². The summed E-state index contributed by atoms with van der Waals surface area (Å²) in [6.07, 6.45) is 10.6. The number of hydrogen-bond donors (Lipinski definition) is 0. The third kappa shape index (κ3) is 5.99. The number of allylic oxidation sites excluding steroid dienone is 3. The average molecular weight is 811 g/mol. The predicted molar refractivity (Wildman–Crippen MR) is 222 cm³/mol. The molecule has 9 atom stereocenters. The van der Waals surface area contributed by atoms with Crippen LogP contribution in [0.1, 0.15) is 120 Å². The van der Waals surface area contributed by atoms with Crippen LogP contribution in [0.5, 0.6) is 0 Å². The molecule has 0 amide bonds. The van der Waals surface area contributed by atoms with Crippen molar-refractivity contribution in [3.8, 4) is 0 Å². The van der Waals surface area contributed by atoms with Gasteiger partial charge in [0.05, 0.1) is 0 Å². The lowest BCUT2D eigenvalue weighted by atomic mass is 9.32. The molecule has 5 aliphatic carbocycles. The Kier molecular flexibility index (Phi) is 10.1. The van der Waals surface area contributed by atoms with Crippen LogP contribution in [0.15, 0.2) is 84.7 Å². The van der Waals surface area contributed by atoms with Gasteiger partial charge in [0.15, 0.2) is 0 Å². The first-order valence-electron chi connectivity index (χ1n) is 21.0. The highest BCUT2D eigenvalue weighted by Gasteiger charge is 2.71. The zero-order chi connectivity index (χ0) is 41.0. The topological polar surface area (TPSA) is 52.6 Å². The summed E-state index contributed by atoms with van der Waals surface area (Å²) in [6.45, 7) is 25.9. The van der Waals surface area contributed by atoms with Crippen LogP contribution in [0.25, 0.3) is 0 Å². The fraction of sp³-hybridized carbons (Fsp3) is 0.660. The van der Waals surface area contributed by atoms with Crippen LogP contribution < -0.4 is 10.4 Å². The van der Waals surface area contributed by atoms with Crippen LogP contribution in [-0.4, -0.2) is 28.9 Å². The second-order valence-electron chi connectivity index (χ2n) is 21.0. The summed E-state index contributed by atoms with van der Waals surface area (Å²) < 4.78 is 77.6. The van der Waals surface area contributed by atoms with Gasteiger partial charge in [-0.2, -0.15) is 21.6 Å². The quantitative estimate of drug-likeness (QED) is 0.115. The summed E-state index contributed by atoms with van der Waals surface area (Å²) >= 11 is 0. The Hall–Kier alpha value is -2.36.